The summed E-state index contributed by atoms with van der Waals surface area (Å²) in [6.07, 6.45) is 3.93. The Labute approximate surface area is 95.9 Å². The fourth-order valence-corrected chi connectivity index (χ4v) is 1.80. The largest absolute Gasteiger partial charge is 0.319 e. The molecule has 0 aliphatic carbocycles. The molecule has 1 atom stereocenters. The summed E-state index contributed by atoms with van der Waals surface area (Å²) >= 11 is 0. The second-order valence-corrected chi connectivity index (χ2v) is 4.25. The SMILES string of the molecule is Cc1ccc(C)n1NC(C)c1cnn(C)c1. The highest BCUT2D eigenvalue weighted by atomic mass is 15.4. The number of hydrogen-bond acceptors (Lipinski definition) is 2. The van der Waals surface area contributed by atoms with Crippen LogP contribution in [0.25, 0.3) is 0 Å². The van der Waals surface area contributed by atoms with E-state index in [9.17, 15) is 0 Å². The second-order valence-electron chi connectivity index (χ2n) is 4.25. The fourth-order valence-electron chi connectivity index (χ4n) is 1.80. The van der Waals surface area contributed by atoms with Gasteiger partial charge in [-0.3, -0.25) is 9.36 Å². The highest BCUT2D eigenvalue weighted by Gasteiger charge is 2.09. The first kappa shape index (κ1) is 10.8. The first-order valence-corrected chi connectivity index (χ1v) is 5.48. The van der Waals surface area contributed by atoms with E-state index < -0.39 is 0 Å². The molecule has 0 saturated carbocycles. The first-order chi connectivity index (χ1) is 7.58. The number of aromatic nitrogens is 3. The van der Waals surface area contributed by atoms with Crippen LogP contribution in [-0.2, 0) is 7.05 Å². The third-order valence-electron chi connectivity index (χ3n) is 2.82. The van der Waals surface area contributed by atoms with Crippen molar-refractivity contribution in [1.29, 1.82) is 0 Å². The van der Waals surface area contributed by atoms with Gasteiger partial charge in [-0.1, -0.05) is 0 Å². The highest BCUT2D eigenvalue weighted by molar-refractivity contribution is 5.19. The van der Waals surface area contributed by atoms with Crippen LogP contribution in [0.4, 0.5) is 0 Å². The van der Waals surface area contributed by atoms with Gasteiger partial charge in [-0.2, -0.15) is 5.10 Å². The Bertz CT molecular complexity index is 461. The van der Waals surface area contributed by atoms with Crippen LogP contribution >= 0.6 is 0 Å². The average molecular weight is 218 g/mol. The van der Waals surface area contributed by atoms with Gasteiger partial charge in [0.15, 0.2) is 0 Å². The fraction of sp³-hybridized carbons (Fsp3) is 0.417. The van der Waals surface area contributed by atoms with Crippen molar-refractivity contribution in [2.45, 2.75) is 26.8 Å². The molecule has 86 valence electrons. The van der Waals surface area contributed by atoms with Gasteiger partial charge in [-0.25, -0.2) is 0 Å². The van der Waals surface area contributed by atoms with Crippen LogP contribution in [0.1, 0.15) is 29.9 Å². The molecule has 2 heterocycles. The minimum absolute atomic E-state index is 0.249. The monoisotopic (exact) mass is 218 g/mol. The van der Waals surface area contributed by atoms with Crippen LogP contribution in [0.5, 0.6) is 0 Å². The maximum atomic E-state index is 4.18. The molecule has 4 nitrogen and oxygen atoms in total. The molecule has 0 spiro atoms. The van der Waals surface area contributed by atoms with Gasteiger partial charge in [0.25, 0.3) is 0 Å². The molecular formula is C12H18N4. The predicted octanol–water partition coefficient (Wildman–Crippen LogP) is 2.14. The Hall–Kier alpha value is -1.71. The van der Waals surface area contributed by atoms with Crippen molar-refractivity contribution in [2.75, 3.05) is 5.43 Å². The van der Waals surface area contributed by atoms with E-state index >= 15 is 0 Å². The zero-order chi connectivity index (χ0) is 11.7. The molecule has 0 amide bonds. The Morgan fingerprint density at radius 3 is 2.38 bits per heavy atom. The van der Waals surface area contributed by atoms with Gasteiger partial charge in [0.1, 0.15) is 0 Å². The molecule has 0 aliphatic heterocycles. The highest BCUT2D eigenvalue weighted by Crippen LogP contribution is 2.14. The lowest BCUT2D eigenvalue weighted by atomic mass is 10.2. The van der Waals surface area contributed by atoms with Gasteiger partial charge >= 0.3 is 0 Å². The lowest BCUT2D eigenvalue weighted by Crippen LogP contribution is -2.20. The molecule has 1 unspecified atom stereocenters. The molecular weight excluding hydrogens is 200 g/mol. The molecule has 0 aliphatic rings. The number of nitrogens with zero attached hydrogens (tertiary/aromatic N) is 3. The zero-order valence-corrected chi connectivity index (χ0v) is 10.2. The summed E-state index contributed by atoms with van der Waals surface area (Å²) in [5.41, 5.74) is 7.07. The summed E-state index contributed by atoms with van der Waals surface area (Å²) in [6, 6.07) is 4.47. The molecule has 0 fully saturated rings. The number of aryl methyl sites for hydroxylation is 3. The standard InChI is InChI=1S/C12H18N4/c1-9-5-6-10(2)16(9)14-11(3)12-7-13-15(4)8-12/h5-8,11,14H,1-4H3. The average Bonchev–Trinajstić information content (AvgIpc) is 2.79. The summed E-state index contributed by atoms with van der Waals surface area (Å²) in [4.78, 5) is 0. The minimum atomic E-state index is 0.249. The Morgan fingerprint density at radius 1 is 1.25 bits per heavy atom. The third-order valence-corrected chi connectivity index (χ3v) is 2.82. The lowest BCUT2D eigenvalue weighted by molar-refractivity contribution is 0.697. The Kier molecular flexibility index (Phi) is 2.73. The van der Waals surface area contributed by atoms with E-state index in [1.54, 1.807) is 0 Å². The summed E-state index contributed by atoms with van der Waals surface area (Å²) in [6.45, 7) is 6.32. The maximum Gasteiger partial charge on any atom is 0.0676 e. The van der Waals surface area contributed by atoms with Crippen molar-refractivity contribution in [2.24, 2.45) is 7.05 Å². The zero-order valence-electron chi connectivity index (χ0n) is 10.2. The van der Waals surface area contributed by atoms with E-state index in [0.717, 1.165) is 0 Å². The van der Waals surface area contributed by atoms with E-state index in [2.05, 4.69) is 48.1 Å². The number of nitrogens with one attached hydrogen (secondary N) is 1. The van der Waals surface area contributed by atoms with Gasteiger partial charge in [0, 0.05) is 30.2 Å². The van der Waals surface area contributed by atoms with E-state index in [4.69, 9.17) is 0 Å². The Morgan fingerprint density at radius 2 is 1.88 bits per heavy atom. The van der Waals surface area contributed by atoms with E-state index in [0.29, 0.717) is 0 Å². The van der Waals surface area contributed by atoms with Crippen LogP contribution in [0.2, 0.25) is 0 Å². The first-order valence-electron chi connectivity index (χ1n) is 5.48. The number of rotatable bonds is 3. The van der Waals surface area contributed by atoms with Crippen LogP contribution in [-0.4, -0.2) is 14.5 Å². The van der Waals surface area contributed by atoms with Gasteiger partial charge in [-0.05, 0) is 32.9 Å². The van der Waals surface area contributed by atoms with Gasteiger partial charge in [0.2, 0.25) is 0 Å². The molecule has 2 aromatic heterocycles. The van der Waals surface area contributed by atoms with Crippen molar-refractivity contribution in [1.82, 2.24) is 14.5 Å². The minimum Gasteiger partial charge on any atom is -0.319 e. The lowest BCUT2D eigenvalue weighted by Gasteiger charge is -2.18. The molecule has 0 radical (unpaired) electrons. The van der Waals surface area contributed by atoms with E-state index in [-0.39, 0.29) is 6.04 Å². The van der Waals surface area contributed by atoms with Crippen molar-refractivity contribution < 1.29 is 0 Å². The van der Waals surface area contributed by atoms with Gasteiger partial charge in [-0.15, -0.1) is 0 Å². The topological polar surface area (TPSA) is 34.8 Å². The summed E-state index contributed by atoms with van der Waals surface area (Å²) in [5.74, 6) is 0. The number of hydrogen-bond donors (Lipinski definition) is 1. The molecule has 2 rings (SSSR count). The molecule has 16 heavy (non-hydrogen) atoms. The smallest absolute Gasteiger partial charge is 0.0676 e. The molecule has 2 aromatic rings. The van der Waals surface area contributed by atoms with Crippen LogP contribution in [0.15, 0.2) is 24.5 Å². The molecule has 1 N–H and O–H groups in total. The van der Waals surface area contributed by atoms with Crippen molar-refractivity contribution in [3.05, 3.63) is 41.5 Å². The summed E-state index contributed by atoms with van der Waals surface area (Å²) in [7, 11) is 1.93. The maximum absolute atomic E-state index is 4.18. The molecule has 0 aromatic carbocycles. The second kappa shape index (κ2) is 4.04. The van der Waals surface area contributed by atoms with Crippen molar-refractivity contribution >= 4 is 0 Å². The third kappa shape index (κ3) is 1.96. The summed E-state index contributed by atoms with van der Waals surface area (Å²) in [5, 5.41) is 4.18. The van der Waals surface area contributed by atoms with Crippen molar-refractivity contribution in [3.8, 4) is 0 Å². The van der Waals surface area contributed by atoms with Crippen LogP contribution in [0.3, 0.4) is 0 Å². The Balaban J connectivity index is 2.16. The quantitative estimate of drug-likeness (QED) is 0.856. The van der Waals surface area contributed by atoms with E-state index in [1.165, 1.54) is 17.0 Å². The molecule has 4 heteroatoms. The summed E-state index contributed by atoms with van der Waals surface area (Å²) < 4.78 is 3.93. The van der Waals surface area contributed by atoms with Gasteiger partial charge in [0.05, 0.1) is 12.2 Å². The van der Waals surface area contributed by atoms with Crippen molar-refractivity contribution in [3.63, 3.8) is 0 Å². The van der Waals surface area contributed by atoms with E-state index in [1.807, 2.05) is 24.1 Å². The molecule has 0 bridgehead atoms. The normalized spacial score (nSPS) is 12.8. The molecule has 0 saturated heterocycles. The van der Waals surface area contributed by atoms with Crippen LogP contribution in [0, 0.1) is 13.8 Å². The van der Waals surface area contributed by atoms with Gasteiger partial charge < -0.3 is 5.43 Å². The predicted molar refractivity (Wildman–Crippen MR) is 64.9 cm³/mol. The van der Waals surface area contributed by atoms with Crippen LogP contribution < -0.4 is 5.43 Å².